The first-order valence-electron chi connectivity index (χ1n) is 6.98. The highest BCUT2D eigenvalue weighted by Crippen LogP contribution is 2.21. The molecule has 0 aromatic heterocycles. The molecule has 1 aliphatic rings. The van der Waals surface area contributed by atoms with Gasteiger partial charge in [-0.05, 0) is 44.5 Å². The Morgan fingerprint density at radius 2 is 2.15 bits per heavy atom. The lowest BCUT2D eigenvalue weighted by Crippen LogP contribution is -2.44. The van der Waals surface area contributed by atoms with E-state index in [1.807, 2.05) is 31.3 Å². The fourth-order valence-corrected chi connectivity index (χ4v) is 2.67. The zero-order valence-electron chi connectivity index (χ0n) is 11.8. The first-order valence-corrected chi connectivity index (χ1v) is 6.98. The van der Waals surface area contributed by atoms with Crippen LogP contribution in [0.2, 0.25) is 0 Å². The Balaban J connectivity index is 2.22. The van der Waals surface area contributed by atoms with E-state index in [2.05, 4.69) is 5.32 Å². The second-order valence-electron chi connectivity index (χ2n) is 5.07. The second kappa shape index (κ2) is 6.52. The third-order valence-corrected chi connectivity index (χ3v) is 3.73. The van der Waals surface area contributed by atoms with Crippen LogP contribution in [0.15, 0.2) is 24.3 Å². The zero-order valence-corrected chi connectivity index (χ0v) is 11.8. The minimum atomic E-state index is -0.458. The highest BCUT2D eigenvalue weighted by atomic mass is 16.2. The molecule has 0 spiro atoms. The third-order valence-electron chi connectivity index (χ3n) is 3.73. The predicted molar refractivity (Wildman–Crippen MR) is 77.3 cm³/mol. The maximum atomic E-state index is 12.6. The number of nitrogens with zero attached hydrogens (tertiary/aromatic N) is 1. The standard InChI is InChI=1S/C15H21N3O2/c1-17-9-8-11-5-2-3-6-12(11)15(20)18-10-4-7-13(18)14(16)19/h2-3,5-6,13,17H,4,7-10H2,1H3,(H2,16,19). The van der Waals surface area contributed by atoms with Crippen molar-refractivity contribution >= 4 is 11.8 Å². The van der Waals surface area contributed by atoms with E-state index in [0.29, 0.717) is 18.5 Å². The summed E-state index contributed by atoms with van der Waals surface area (Å²) in [4.78, 5) is 25.7. The van der Waals surface area contributed by atoms with Crippen LogP contribution in [0.1, 0.15) is 28.8 Å². The third kappa shape index (κ3) is 2.99. The van der Waals surface area contributed by atoms with Crippen molar-refractivity contribution in [2.75, 3.05) is 20.1 Å². The lowest BCUT2D eigenvalue weighted by molar-refractivity contribution is -0.121. The van der Waals surface area contributed by atoms with Crippen molar-refractivity contribution in [3.63, 3.8) is 0 Å². The first-order chi connectivity index (χ1) is 9.65. The molecule has 1 unspecified atom stereocenters. The number of benzene rings is 1. The Hall–Kier alpha value is -1.88. The fourth-order valence-electron chi connectivity index (χ4n) is 2.67. The van der Waals surface area contributed by atoms with Crippen LogP contribution in [-0.4, -0.2) is 42.9 Å². The van der Waals surface area contributed by atoms with Gasteiger partial charge in [0.15, 0.2) is 0 Å². The minimum absolute atomic E-state index is 0.0852. The summed E-state index contributed by atoms with van der Waals surface area (Å²) in [5.41, 5.74) is 7.06. The number of hydrogen-bond donors (Lipinski definition) is 2. The number of likely N-dealkylation sites (tertiary alicyclic amines) is 1. The van der Waals surface area contributed by atoms with Crippen LogP contribution < -0.4 is 11.1 Å². The van der Waals surface area contributed by atoms with Crippen LogP contribution in [0.25, 0.3) is 0 Å². The van der Waals surface area contributed by atoms with Gasteiger partial charge in [-0.1, -0.05) is 18.2 Å². The molecular formula is C15H21N3O2. The van der Waals surface area contributed by atoms with E-state index < -0.39 is 11.9 Å². The van der Waals surface area contributed by atoms with E-state index in [9.17, 15) is 9.59 Å². The molecule has 3 N–H and O–H groups in total. The molecule has 20 heavy (non-hydrogen) atoms. The summed E-state index contributed by atoms with van der Waals surface area (Å²) in [5.74, 6) is -0.499. The maximum absolute atomic E-state index is 12.6. The molecule has 1 aromatic rings. The predicted octanol–water partition coefficient (Wildman–Crippen LogP) is 0.538. The number of carbonyl (C=O) groups excluding carboxylic acids is 2. The van der Waals surface area contributed by atoms with Crippen LogP contribution >= 0.6 is 0 Å². The van der Waals surface area contributed by atoms with E-state index in [1.54, 1.807) is 4.90 Å². The topological polar surface area (TPSA) is 75.4 Å². The molecule has 5 heteroatoms. The molecule has 1 fully saturated rings. The summed E-state index contributed by atoms with van der Waals surface area (Å²) in [6.07, 6.45) is 2.28. The van der Waals surface area contributed by atoms with Crippen molar-refractivity contribution in [3.8, 4) is 0 Å². The van der Waals surface area contributed by atoms with Crippen molar-refractivity contribution < 1.29 is 9.59 Å². The molecule has 0 radical (unpaired) electrons. The monoisotopic (exact) mass is 275 g/mol. The maximum Gasteiger partial charge on any atom is 0.254 e. The largest absolute Gasteiger partial charge is 0.368 e. The number of hydrogen-bond acceptors (Lipinski definition) is 3. The molecule has 0 saturated carbocycles. The summed E-state index contributed by atoms with van der Waals surface area (Å²) in [6.45, 7) is 1.41. The van der Waals surface area contributed by atoms with Gasteiger partial charge in [-0.2, -0.15) is 0 Å². The number of nitrogens with one attached hydrogen (secondary N) is 1. The molecule has 108 valence electrons. The average molecular weight is 275 g/mol. The number of nitrogens with two attached hydrogens (primary N) is 1. The number of carbonyl (C=O) groups is 2. The Morgan fingerprint density at radius 3 is 2.85 bits per heavy atom. The van der Waals surface area contributed by atoms with Crippen molar-refractivity contribution in [3.05, 3.63) is 35.4 Å². The second-order valence-corrected chi connectivity index (χ2v) is 5.07. The van der Waals surface area contributed by atoms with Crippen LogP contribution in [0, 0.1) is 0 Å². The lowest BCUT2D eigenvalue weighted by atomic mass is 10.0. The molecule has 0 aliphatic carbocycles. The SMILES string of the molecule is CNCCc1ccccc1C(=O)N1CCCC1C(N)=O. The summed E-state index contributed by atoms with van der Waals surface area (Å²) in [7, 11) is 1.88. The Bertz CT molecular complexity index is 502. The molecule has 1 aliphatic heterocycles. The quantitative estimate of drug-likeness (QED) is 0.823. The summed E-state index contributed by atoms with van der Waals surface area (Å²) >= 11 is 0. The van der Waals surface area contributed by atoms with Crippen LogP contribution in [0.4, 0.5) is 0 Å². The van der Waals surface area contributed by atoms with Gasteiger partial charge >= 0.3 is 0 Å². The molecule has 2 rings (SSSR count). The summed E-state index contributed by atoms with van der Waals surface area (Å²) in [5, 5.41) is 3.08. The fraction of sp³-hybridized carbons (Fsp3) is 0.467. The Kier molecular flexibility index (Phi) is 4.74. The minimum Gasteiger partial charge on any atom is -0.368 e. The lowest BCUT2D eigenvalue weighted by Gasteiger charge is -2.23. The Morgan fingerprint density at radius 1 is 1.40 bits per heavy atom. The van der Waals surface area contributed by atoms with Crippen molar-refractivity contribution in [2.24, 2.45) is 5.73 Å². The average Bonchev–Trinajstić information content (AvgIpc) is 2.94. The van der Waals surface area contributed by atoms with Gasteiger partial charge in [0.1, 0.15) is 6.04 Å². The van der Waals surface area contributed by atoms with Gasteiger partial charge in [0.05, 0.1) is 0 Å². The molecule has 0 bridgehead atoms. The molecule has 2 amide bonds. The zero-order chi connectivity index (χ0) is 14.5. The van der Waals surface area contributed by atoms with Crippen molar-refractivity contribution in [1.29, 1.82) is 0 Å². The normalized spacial score (nSPS) is 18.2. The van der Waals surface area contributed by atoms with Gasteiger partial charge in [-0.15, -0.1) is 0 Å². The van der Waals surface area contributed by atoms with Gasteiger partial charge in [0, 0.05) is 12.1 Å². The van der Waals surface area contributed by atoms with E-state index >= 15 is 0 Å². The number of primary amides is 1. The molecule has 1 aromatic carbocycles. The first kappa shape index (κ1) is 14.5. The van der Waals surface area contributed by atoms with Crippen molar-refractivity contribution in [2.45, 2.75) is 25.3 Å². The number of likely N-dealkylation sites (N-methyl/N-ethyl adjacent to an activating group) is 1. The van der Waals surface area contributed by atoms with E-state index in [1.165, 1.54) is 0 Å². The van der Waals surface area contributed by atoms with Gasteiger partial charge in [-0.25, -0.2) is 0 Å². The van der Waals surface area contributed by atoms with Gasteiger partial charge in [0.2, 0.25) is 5.91 Å². The van der Waals surface area contributed by atoms with Gasteiger partial charge in [-0.3, -0.25) is 9.59 Å². The molecule has 1 saturated heterocycles. The van der Waals surface area contributed by atoms with Crippen LogP contribution in [0.3, 0.4) is 0 Å². The summed E-state index contributed by atoms with van der Waals surface area (Å²) < 4.78 is 0. The summed E-state index contributed by atoms with van der Waals surface area (Å²) in [6, 6.07) is 7.10. The smallest absolute Gasteiger partial charge is 0.254 e. The highest BCUT2D eigenvalue weighted by Gasteiger charge is 2.33. The number of rotatable bonds is 5. The van der Waals surface area contributed by atoms with Crippen molar-refractivity contribution in [1.82, 2.24) is 10.2 Å². The van der Waals surface area contributed by atoms with E-state index in [-0.39, 0.29) is 5.91 Å². The molecular weight excluding hydrogens is 254 g/mol. The van der Waals surface area contributed by atoms with E-state index in [4.69, 9.17) is 5.73 Å². The van der Waals surface area contributed by atoms with E-state index in [0.717, 1.165) is 24.9 Å². The molecule has 1 atom stereocenters. The number of amides is 2. The molecule has 1 heterocycles. The highest BCUT2D eigenvalue weighted by molar-refractivity contribution is 5.98. The van der Waals surface area contributed by atoms with Gasteiger partial charge in [0.25, 0.3) is 5.91 Å². The van der Waals surface area contributed by atoms with Gasteiger partial charge < -0.3 is 16.0 Å². The Labute approximate surface area is 119 Å². The van der Waals surface area contributed by atoms with Crippen LogP contribution in [0.5, 0.6) is 0 Å². The molecule has 5 nitrogen and oxygen atoms in total. The van der Waals surface area contributed by atoms with Crippen LogP contribution in [-0.2, 0) is 11.2 Å².